The standard InChI is InChI=1S/C19H21N3O3/c1-12-3-4-17-14(7-12)10-18(25-17)19(24)21-15-8-13(9-16(15)23)11-22-6-2-5-20-22/h2-7,10,13,15-16,23H,8-9,11H2,1H3,(H,21,24)/t13?,15-,16-/m1/s1. The molecule has 0 radical (unpaired) electrons. The number of aromatic nitrogens is 2. The number of benzene rings is 1. The zero-order valence-electron chi connectivity index (χ0n) is 14.1. The minimum atomic E-state index is -0.545. The van der Waals surface area contributed by atoms with Crippen LogP contribution in [0.1, 0.15) is 29.0 Å². The van der Waals surface area contributed by atoms with Crippen molar-refractivity contribution in [3.63, 3.8) is 0 Å². The second-order valence-corrected chi connectivity index (χ2v) is 6.86. The molecular formula is C19H21N3O3. The van der Waals surface area contributed by atoms with Crippen molar-refractivity contribution in [2.75, 3.05) is 0 Å². The molecule has 3 atom stereocenters. The molecule has 2 aromatic heterocycles. The molecule has 1 aliphatic rings. The third kappa shape index (κ3) is 3.30. The molecule has 2 heterocycles. The highest BCUT2D eigenvalue weighted by molar-refractivity contribution is 5.96. The van der Waals surface area contributed by atoms with Gasteiger partial charge in [-0.05, 0) is 49.9 Å². The third-order valence-corrected chi connectivity index (χ3v) is 4.84. The largest absolute Gasteiger partial charge is 0.451 e. The monoisotopic (exact) mass is 339 g/mol. The van der Waals surface area contributed by atoms with Crippen molar-refractivity contribution in [2.45, 2.75) is 38.5 Å². The Bertz CT molecular complexity index is 885. The Morgan fingerprint density at radius 2 is 2.28 bits per heavy atom. The van der Waals surface area contributed by atoms with E-state index in [0.717, 1.165) is 23.9 Å². The lowest BCUT2D eigenvalue weighted by atomic mass is 10.1. The molecule has 1 saturated carbocycles. The molecule has 2 N–H and O–H groups in total. The minimum absolute atomic E-state index is 0.261. The van der Waals surface area contributed by atoms with E-state index < -0.39 is 6.10 Å². The van der Waals surface area contributed by atoms with Crippen molar-refractivity contribution >= 4 is 16.9 Å². The van der Waals surface area contributed by atoms with Gasteiger partial charge in [-0.25, -0.2) is 0 Å². The number of aliphatic hydroxyl groups is 1. The highest BCUT2D eigenvalue weighted by atomic mass is 16.3. The molecule has 0 bridgehead atoms. The number of carbonyl (C=O) groups excluding carboxylic acids is 1. The van der Waals surface area contributed by atoms with Gasteiger partial charge in [0.25, 0.3) is 5.91 Å². The molecule has 130 valence electrons. The van der Waals surface area contributed by atoms with Crippen LogP contribution in [0.15, 0.2) is 47.1 Å². The maximum atomic E-state index is 12.5. The Morgan fingerprint density at radius 3 is 3.08 bits per heavy atom. The fourth-order valence-electron chi connectivity index (χ4n) is 3.61. The van der Waals surface area contributed by atoms with Gasteiger partial charge in [0.2, 0.25) is 0 Å². The van der Waals surface area contributed by atoms with Crippen molar-refractivity contribution in [3.05, 3.63) is 54.0 Å². The summed E-state index contributed by atoms with van der Waals surface area (Å²) in [6.45, 7) is 2.75. The lowest BCUT2D eigenvalue weighted by Crippen LogP contribution is -2.39. The minimum Gasteiger partial charge on any atom is -0.451 e. The maximum absolute atomic E-state index is 12.5. The van der Waals surface area contributed by atoms with Crippen LogP contribution in [0.4, 0.5) is 0 Å². The van der Waals surface area contributed by atoms with E-state index in [1.165, 1.54) is 0 Å². The average molecular weight is 339 g/mol. The number of carbonyl (C=O) groups is 1. The predicted octanol–water partition coefficient (Wildman–Crippen LogP) is 2.51. The molecule has 4 rings (SSSR count). The normalized spacial score (nSPS) is 23.2. The summed E-state index contributed by atoms with van der Waals surface area (Å²) in [5.74, 6) is 0.291. The van der Waals surface area contributed by atoms with E-state index in [-0.39, 0.29) is 17.7 Å². The van der Waals surface area contributed by atoms with Crippen molar-refractivity contribution in [1.82, 2.24) is 15.1 Å². The van der Waals surface area contributed by atoms with Crippen LogP contribution in [0.2, 0.25) is 0 Å². The van der Waals surface area contributed by atoms with Gasteiger partial charge in [0, 0.05) is 24.3 Å². The van der Waals surface area contributed by atoms with Crippen molar-refractivity contribution < 1.29 is 14.3 Å². The van der Waals surface area contributed by atoms with Gasteiger partial charge in [0.05, 0.1) is 12.1 Å². The van der Waals surface area contributed by atoms with Gasteiger partial charge in [-0.3, -0.25) is 9.48 Å². The Morgan fingerprint density at radius 1 is 1.40 bits per heavy atom. The summed E-state index contributed by atoms with van der Waals surface area (Å²) in [5.41, 5.74) is 1.81. The first-order chi connectivity index (χ1) is 12.1. The smallest absolute Gasteiger partial charge is 0.287 e. The maximum Gasteiger partial charge on any atom is 0.287 e. The molecule has 0 saturated heterocycles. The topological polar surface area (TPSA) is 80.3 Å². The van der Waals surface area contributed by atoms with Gasteiger partial charge in [-0.2, -0.15) is 5.10 Å². The molecule has 3 aromatic rings. The predicted molar refractivity (Wildman–Crippen MR) is 93.2 cm³/mol. The molecule has 0 spiro atoms. The molecule has 1 aliphatic carbocycles. The Kier molecular flexibility index (Phi) is 4.05. The number of hydrogen-bond acceptors (Lipinski definition) is 4. The van der Waals surface area contributed by atoms with Crippen molar-refractivity contribution in [3.8, 4) is 0 Å². The van der Waals surface area contributed by atoms with Crippen LogP contribution in [0.5, 0.6) is 0 Å². The van der Waals surface area contributed by atoms with E-state index in [9.17, 15) is 9.90 Å². The lowest BCUT2D eigenvalue weighted by molar-refractivity contribution is 0.0848. The number of nitrogens with one attached hydrogen (secondary N) is 1. The van der Waals surface area contributed by atoms with Gasteiger partial charge in [0.15, 0.2) is 5.76 Å². The van der Waals surface area contributed by atoms with Gasteiger partial charge in [-0.1, -0.05) is 11.6 Å². The van der Waals surface area contributed by atoms with E-state index in [0.29, 0.717) is 17.9 Å². The average Bonchev–Trinajstić information content (AvgIpc) is 3.28. The number of hydrogen-bond donors (Lipinski definition) is 2. The van der Waals surface area contributed by atoms with Crippen LogP contribution in [0, 0.1) is 12.8 Å². The summed E-state index contributed by atoms with van der Waals surface area (Å²) in [4.78, 5) is 12.5. The first-order valence-electron chi connectivity index (χ1n) is 8.55. The lowest BCUT2D eigenvalue weighted by Gasteiger charge is -2.15. The molecule has 1 fully saturated rings. The number of furan rings is 1. The summed E-state index contributed by atoms with van der Waals surface area (Å²) < 4.78 is 7.50. The summed E-state index contributed by atoms with van der Waals surface area (Å²) in [6.07, 6.45) is 4.50. The number of nitrogens with zero attached hydrogens (tertiary/aromatic N) is 2. The Balaban J connectivity index is 1.42. The fourth-order valence-corrected chi connectivity index (χ4v) is 3.61. The summed E-state index contributed by atoms with van der Waals surface area (Å²) >= 11 is 0. The van der Waals surface area contributed by atoms with Crippen molar-refractivity contribution in [1.29, 1.82) is 0 Å². The fraction of sp³-hybridized carbons (Fsp3) is 0.368. The molecule has 1 aromatic carbocycles. The molecule has 25 heavy (non-hydrogen) atoms. The Labute approximate surface area is 145 Å². The van der Waals surface area contributed by atoms with Crippen molar-refractivity contribution in [2.24, 2.45) is 5.92 Å². The summed E-state index contributed by atoms with van der Waals surface area (Å²) in [7, 11) is 0. The third-order valence-electron chi connectivity index (χ3n) is 4.84. The number of aryl methyl sites for hydroxylation is 1. The molecule has 6 heteroatoms. The molecule has 6 nitrogen and oxygen atoms in total. The van der Waals surface area contributed by atoms with Crippen LogP contribution in [-0.4, -0.2) is 32.9 Å². The van der Waals surface area contributed by atoms with Crippen LogP contribution in [0.25, 0.3) is 11.0 Å². The number of fused-ring (bicyclic) bond motifs is 1. The van der Waals surface area contributed by atoms with Crippen LogP contribution < -0.4 is 5.32 Å². The van der Waals surface area contributed by atoms with Crippen LogP contribution in [0.3, 0.4) is 0 Å². The number of aliphatic hydroxyl groups excluding tert-OH is 1. The van der Waals surface area contributed by atoms with Gasteiger partial charge < -0.3 is 14.8 Å². The van der Waals surface area contributed by atoms with E-state index in [1.807, 2.05) is 42.1 Å². The van der Waals surface area contributed by atoms with Gasteiger partial charge >= 0.3 is 0 Å². The van der Waals surface area contributed by atoms with Crippen LogP contribution in [-0.2, 0) is 6.54 Å². The zero-order chi connectivity index (χ0) is 17.4. The summed E-state index contributed by atoms with van der Waals surface area (Å²) in [5, 5.41) is 18.3. The molecule has 0 aliphatic heterocycles. The second kappa shape index (κ2) is 6.37. The number of amides is 1. The van der Waals surface area contributed by atoms with Gasteiger partial charge in [0.1, 0.15) is 5.58 Å². The van der Waals surface area contributed by atoms with Gasteiger partial charge in [-0.15, -0.1) is 0 Å². The highest BCUT2D eigenvalue weighted by Gasteiger charge is 2.34. The highest BCUT2D eigenvalue weighted by Crippen LogP contribution is 2.28. The SMILES string of the molecule is Cc1ccc2oc(C(=O)N[C@@H]3CC(Cn4cccn4)C[C@H]3O)cc2c1. The first kappa shape index (κ1) is 15.9. The van der Waals surface area contributed by atoms with E-state index in [2.05, 4.69) is 10.4 Å². The quantitative estimate of drug-likeness (QED) is 0.765. The molecule has 1 unspecified atom stereocenters. The van der Waals surface area contributed by atoms with E-state index in [4.69, 9.17) is 4.42 Å². The summed E-state index contributed by atoms with van der Waals surface area (Å²) in [6, 6.07) is 9.18. The second-order valence-electron chi connectivity index (χ2n) is 6.86. The van der Waals surface area contributed by atoms with E-state index >= 15 is 0 Å². The number of rotatable bonds is 4. The van der Waals surface area contributed by atoms with Crippen LogP contribution >= 0.6 is 0 Å². The Hall–Kier alpha value is -2.60. The molecule has 1 amide bonds. The zero-order valence-corrected chi connectivity index (χ0v) is 14.1. The first-order valence-corrected chi connectivity index (χ1v) is 8.55. The molecular weight excluding hydrogens is 318 g/mol. The van der Waals surface area contributed by atoms with E-state index in [1.54, 1.807) is 12.3 Å².